The van der Waals surface area contributed by atoms with Gasteiger partial charge in [-0.05, 0) is 69.8 Å². The molecular formula is C35H36F2N6O5. The van der Waals surface area contributed by atoms with Crippen LogP contribution in [0, 0.1) is 24.0 Å². The average molecular weight is 659 g/mol. The molecule has 250 valence electrons. The Hall–Kier alpha value is -4.80. The van der Waals surface area contributed by atoms with Gasteiger partial charge in [-0.2, -0.15) is 9.97 Å². The molecule has 3 aliphatic heterocycles. The number of halogens is 2. The molecule has 0 saturated carbocycles. The molecule has 0 radical (unpaired) electrons. The number of rotatable bonds is 8. The molecule has 7 rings (SSSR count). The number of likely N-dealkylation sites (tertiary alicyclic amines) is 1. The van der Waals surface area contributed by atoms with Crippen LogP contribution in [0.5, 0.6) is 11.8 Å². The summed E-state index contributed by atoms with van der Waals surface area (Å²) in [5.41, 5.74) is -0.194. The molecule has 48 heavy (non-hydrogen) atoms. The molecule has 13 heteroatoms. The SMILES string of the molecule is C#Cc1c(F)ccc2cc(OCOC)cc(-c3ncc4c(N5C[C@H]6CC[C@@H](C5)N6C(=O)O)nc(OCC5(C)CCCN5C)nc4c3F)c12. The smallest absolute Gasteiger partial charge is 0.407 e. The van der Waals surface area contributed by atoms with Crippen molar-refractivity contribution in [3.05, 3.63) is 47.7 Å². The zero-order valence-corrected chi connectivity index (χ0v) is 27.0. The van der Waals surface area contributed by atoms with E-state index in [1.54, 1.807) is 18.2 Å². The van der Waals surface area contributed by atoms with Crippen LogP contribution in [0.3, 0.4) is 0 Å². The van der Waals surface area contributed by atoms with Gasteiger partial charge in [-0.25, -0.2) is 13.6 Å². The lowest BCUT2D eigenvalue weighted by Gasteiger charge is -2.40. The number of ether oxygens (including phenoxy) is 3. The second-order valence-corrected chi connectivity index (χ2v) is 13.0. The minimum atomic E-state index is -0.947. The molecule has 2 bridgehead atoms. The first-order valence-corrected chi connectivity index (χ1v) is 15.9. The van der Waals surface area contributed by atoms with Gasteiger partial charge in [0.2, 0.25) is 0 Å². The number of aromatic nitrogens is 3. The second-order valence-electron chi connectivity index (χ2n) is 13.0. The number of nitrogens with zero attached hydrogens (tertiary/aromatic N) is 6. The molecule has 4 aromatic rings. The molecule has 1 unspecified atom stereocenters. The van der Waals surface area contributed by atoms with Crippen molar-refractivity contribution in [2.24, 2.45) is 0 Å². The number of anilines is 1. The Morgan fingerprint density at radius 1 is 1.17 bits per heavy atom. The number of terminal acetylenes is 1. The van der Waals surface area contributed by atoms with Crippen LogP contribution in [0.25, 0.3) is 32.9 Å². The third kappa shape index (κ3) is 5.38. The normalized spacial score (nSPS) is 22.4. The standard InChI is InChI=1S/C35H36F2N6O5/c1-5-24-27(36)10-7-20-13-23(48-19-46-4)14-25(28(20)24)30-29(37)31-26(15-38-30)32(42-16-21-8-9-22(17-42)43(21)34(44)45)40-33(39-31)47-18-35(2)11-6-12-41(35)3/h1,7,10,13-15,21-22H,6,8-9,11-12,16-19H2,2-4H3,(H,44,45)/t21-,22+,35?. The summed E-state index contributed by atoms with van der Waals surface area (Å²) < 4.78 is 49.0. The largest absolute Gasteiger partial charge is 0.468 e. The van der Waals surface area contributed by atoms with E-state index in [1.807, 2.05) is 11.9 Å². The number of pyridine rings is 1. The fourth-order valence-corrected chi connectivity index (χ4v) is 7.41. The number of hydrogen-bond donors (Lipinski definition) is 1. The van der Waals surface area contributed by atoms with Crippen LogP contribution in [0.1, 0.15) is 38.2 Å². The van der Waals surface area contributed by atoms with Crippen molar-refractivity contribution in [3.63, 3.8) is 0 Å². The van der Waals surface area contributed by atoms with Crippen LogP contribution in [-0.2, 0) is 4.74 Å². The summed E-state index contributed by atoms with van der Waals surface area (Å²) in [5.74, 6) is 1.78. The zero-order chi connectivity index (χ0) is 33.7. The minimum absolute atomic E-state index is 0.000445. The number of carbonyl (C=O) groups is 1. The van der Waals surface area contributed by atoms with Gasteiger partial charge in [-0.1, -0.05) is 12.0 Å². The highest BCUT2D eigenvalue weighted by molar-refractivity contribution is 6.03. The molecule has 3 aliphatic rings. The Bertz CT molecular complexity index is 1960. The third-order valence-corrected chi connectivity index (χ3v) is 10.1. The van der Waals surface area contributed by atoms with Gasteiger partial charge in [0.05, 0.1) is 28.6 Å². The van der Waals surface area contributed by atoms with Crippen molar-refractivity contribution < 1.29 is 32.9 Å². The minimum Gasteiger partial charge on any atom is -0.468 e. The van der Waals surface area contributed by atoms with Crippen molar-refractivity contribution in [1.29, 1.82) is 0 Å². The molecule has 11 nitrogen and oxygen atoms in total. The number of hydrogen-bond acceptors (Lipinski definition) is 9. The number of piperazine rings is 1. The Morgan fingerprint density at radius 2 is 1.94 bits per heavy atom. The molecule has 2 aromatic heterocycles. The summed E-state index contributed by atoms with van der Waals surface area (Å²) in [5, 5.41) is 11.0. The van der Waals surface area contributed by atoms with E-state index in [1.165, 1.54) is 24.3 Å². The van der Waals surface area contributed by atoms with Crippen LogP contribution in [0.4, 0.5) is 19.4 Å². The van der Waals surface area contributed by atoms with Gasteiger partial charge >= 0.3 is 12.1 Å². The van der Waals surface area contributed by atoms with Crippen LogP contribution in [-0.4, -0.2) is 101 Å². The topological polar surface area (TPSA) is 113 Å². The van der Waals surface area contributed by atoms with E-state index in [-0.39, 0.29) is 52.8 Å². The lowest BCUT2D eigenvalue weighted by molar-refractivity contribution is 0.0512. The number of benzene rings is 2. The van der Waals surface area contributed by atoms with E-state index in [9.17, 15) is 9.90 Å². The Kier molecular flexibility index (Phi) is 8.17. The number of amides is 1. The van der Waals surface area contributed by atoms with E-state index in [2.05, 4.69) is 27.7 Å². The predicted octanol–water partition coefficient (Wildman–Crippen LogP) is 5.28. The maximum atomic E-state index is 17.0. The van der Waals surface area contributed by atoms with Crippen LogP contribution >= 0.6 is 0 Å². The molecule has 3 atom stereocenters. The Balaban J connectivity index is 1.39. The van der Waals surface area contributed by atoms with Gasteiger partial charge in [0.25, 0.3) is 0 Å². The fraction of sp³-hybridized carbons (Fsp3) is 0.429. The van der Waals surface area contributed by atoms with Gasteiger partial charge < -0.3 is 24.2 Å². The fourth-order valence-electron chi connectivity index (χ4n) is 7.41. The molecule has 1 N–H and O–H groups in total. The Morgan fingerprint density at radius 3 is 2.60 bits per heavy atom. The lowest BCUT2D eigenvalue weighted by atomic mass is 9.95. The van der Waals surface area contributed by atoms with Crippen molar-refractivity contribution in [1.82, 2.24) is 24.8 Å². The first kappa shape index (κ1) is 31.8. The van der Waals surface area contributed by atoms with Crippen molar-refractivity contribution in [3.8, 4) is 35.4 Å². The summed E-state index contributed by atoms with van der Waals surface area (Å²) in [6.45, 7) is 4.04. The second kappa shape index (κ2) is 12.3. The molecule has 3 fully saturated rings. The quantitative estimate of drug-likeness (QED) is 0.198. The van der Waals surface area contributed by atoms with Gasteiger partial charge in [0.1, 0.15) is 35.2 Å². The van der Waals surface area contributed by atoms with Gasteiger partial charge in [-0.15, -0.1) is 6.42 Å². The number of carboxylic acid groups (broad SMARTS) is 1. The molecule has 3 saturated heterocycles. The summed E-state index contributed by atoms with van der Waals surface area (Å²) in [4.78, 5) is 31.6. The molecule has 0 spiro atoms. The van der Waals surface area contributed by atoms with Crippen LogP contribution in [0.15, 0.2) is 30.5 Å². The predicted molar refractivity (Wildman–Crippen MR) is 175 cm³/mol. The Labute approximate surface area is 276 Å². The maximum absolute atomic E-state index is 17.0. The maximum Gasteiger partial charge on any atom is 0.407 e. The number of methoxy groups -OCH3 is 1. The summed E-state index contributed by atoms with van der Waals surface area (Å²) >= 11 is 0. The average Bonchev–Trinajstić information content (AvgIpc) is 3.56. The van der Waals surface area contributed by atoms with E-state index >= 15 is 8.78 Å². The van der Waals surface area contributed by atoms with Gasteiger partial charge in [0.15, 0.2) is 12.6 Å². The highest BCUT2D eigenvalue weighted by atomic mass is 19.1. The van der Waals surface area contributed by atoms with E-state index in [4.69, 9.17) is 25.6 Å². The van der Waals surface area contributed by atoms with E-state index in [0.29, 0.717) is 47.4 Å². The van der Waals surface area contributed by atoms with Gasteiger partial charge in [0, 0.05) is 37.3 Å². The number of fused-ring (bicyclic) bond motifs is 4. The zero-order valence-electron chi connectivity index (χ0n) is 27.0. The monoisotopic (exact) mass is 658 g/mol. The highest BCUT2D eigenvalue weighted by Crippen LogP contribution is 2.40. The molecule has 2 aromatic carbocycles. The van der Waals surface area contributed by atoms with Gasteiger partial charge in [-0.3, -0.25) is 14.8 Å². The lowest BCUT2D eigenvalue weighted by Crippen LogP contribution is -2.55. The van der Waals surface area contributed by atoms with Crippen molar-refractivity contribution >= 4 is 33.6 Å². The number of likely N-dealkylation sites (N-methyl/N-ethyl adjacent to an activating group) is 1. The summed E-state index contributed by atoms with van der Waals surface area (Å²) in [6.07, 6.45) is 9.71. The van der Waals surface area contributed by atoms with Crippen molar-refractivity contribution in [2.75, 3.05) is 52.1 Å². The molecule has 1 amide bonds. The first-order chi connectivity index (χ1) is 23.1. The van der Waals surface area contributed by atoms with E-state index in [0.717, 1.165) is 32.2 Å². The first-order valence-electron chi connectivity index (χ1n) is 15.9. The molecular weight excluding hydrogens is 622 g/mol. The third-order valence-electron chi connectivity index (χ3n) is 10.1. The van der Waals surface area contributed by atoms with Crippen LogP contribution in [0.2, 0.25) is 0 Å². The molecule has 5 heterocycles. The molecule has 0 aliphatic carbocycles. The van der Waals surface area contributed by atoms with E-state index < -0.39 is 17.7 Å². The van der Waals surface area contributed by atoms with Crippen molar-refractivity contribution in [2.45, 2.75) is 50.2 Å². The summed E-state index contributed by atoms with van der Waals surface area (Å²) in [6, 6.07) is 5.58. The summed E-state index contributed by atoms with van der Waals surface area (Å²) in [7, 11) is 3.52. The highest BCUT2D eigenvalue weighted by Gasteiger charge is 2.44. The van der Waals surface area contributed by atoms with Crippen LogP contribution < -0.4 is 14.4 Å².